The summed E-state index contributed by atoms with van der Waals surface area (Å²) in [5.74, 6) is 5.47. The van der Waals surface area contributed by atoms with Crippen LogP contribution in [0.25, 0.3) is 0 Å². The number of amides is 1. The lowest BCUT2D eigenvalue weighted by Crippen LogP contribution is -2.33. The molecular weight excluding hydrogens is 371 g/mol. The Labute approximate surface area is 162 Å². The summed E-state index contributed by atoms with van der Waals surface area (Å²) in [7, 11) is 1.71. The number of carbonyl (C=O) groups is 1. The van der Waals surface area contributed by atoms with Gasteiger partial charge in [-0.15, -0.1) is 0 Å². The molecule has 0 bridgehead atoms. The topological polar surface area (TPSA) is 68.2 Å². The van der Waals surface area contributed by atoms with Crippen LogP contribution in [0, 0.1) is 11.8 Å². The van der Waals surface area contributed by atoms with Crippen LogP contribution in [0.2, 0.25) is 10.2 Å². The number of nitrogens with two attached hydrogens (primary N) is 1. The van der Waals surface area contributed by atoms with E-state index in [0.717, 1.165) is 24.0 Å². The quantitative estimate of drug-likeness (QED) is 0.764. The Morgan fingerprint density at radius 2 is 2.15 bits per heavy atom. The van der Waals surface area contributed by atoms with E-state index in [1.54, 1.807) is 29.8 Å². The molecule has 1 aromatic carbocycles. The highest BCUT2D eigenvalue weighted by Gasteiger charge is 2.36. The molecule has 1 fully saturated rings. The Bertz CT molecular complexity index is 910. The molecule has 1 saturated carbocycles. The molecule has 1 aliphatic carbocycles. The van der Waals surface area contributed by atoms with Crippen molar-refractivity contribution in [3.8, 4) is 11.8 Å². The van der Waals surface area contributed by atoms with Crippen LogP contribution in [0.4, 0.5) is 0 Å². The number of benzene rings is 1. The number of rotatable bonds is 2. The fourth-order valence-electron chi connectivity index (χ4n) is 3.60. The van der Waals surface area contributed by atoms with Crippen molar-refractivity contribution in [3.63, 3.8) is 0 Å². The van der Waals surface area contributed by atoms with Gasteiger partial charge in [-0.25, -0.2) is 0 Å². The van der Waals surface area contributed by atoms with Gasteiger partial charge < -0.3 is 15.4 Å². The lowest BCUT2D eigenvalue weighted by Gasteiger charge is -2.33. The Balaban J connectivity index is 1.88. The molecule has 136 valence electrons. The van der Waals surface area contributed by atoms with Crippen molar-refractivity contribution < 1.29 is 9.90 Å². The van der Waals surface area contributed by atoms with Crippen LogP contribution in [0.5, 0.6) is 0 Å². The normalized spacial score (nSPS) is 22.5. The zero-order valence-electron chi connectivity index (χ0n) is 14.4. The number of hydrogen-bond donors (Lipinski definition) is 2. The average molecular weight is 391 g/mol. The number of halogens is 2. The molecule has 0 radical (unpaired) electrons. The second-order valence-electron chi connectivity index (χ2n) is 6.78. The molecule has 4 nitrogen and oxygen atoms in total. The van der Waals surface area contributed by atoms with Crippen molar-refractivity contribution in [2.24, 2.45) is 12.8 Å². The van der Waals surface area contributed by atoms with Crippen LogP contribution >= 0.6 is 23.2 Å². The van der Waals surface area contributed by atoms with E-state index in [9.17, 15) is 9.90 Å². The molecule has 3 rings (SSSR count). The molecule has 0 unspecified atom stereocenters. The molecule has 0 aliphatic heterocycles. The highest BCUT2D eigenvalue weighted by molar-refractivity contribution is 6.30. The van der Waals surface area contributed by atoms with Gasteiger partial charge in [-0.1, -0.05) is 41.1 Å². The van der Waals surface area contributed by atoms with Gasteiger partial charge in [0.2, 0.25) is 0 Å². The van der Waals surface area contributed by atoms with Gasteiger partial charge in [-0.05, 0) is 61.4 Å². The van der Waals surface area contributed by atoms with E-state index >= 15 is 0 Å². The van der Waals surface area contributed by atoms with Gasteiger partial charge >= 0.3 is 0 Å². The summed E-state index contributed by atoms with van der Waals surface area (Å²) in [5, 5.41) is 12.0. The van der Waals surface area contributed by atoms with E-state index in [0.29, 0.717) is 28.7 Å². The van der Waals surface area contributed by atoms with E-state index in [1.807, 2.05) is 12.1 Å². The summed E-state index contributed by atoms with van der Waals surface area (Å²) in [6.45, 7) is 0. The highest BCUT2D eigenvalue weighted by Crippen LogP contribution is 2.41. The minimum Gasteiger partial charge on any atom is -0.378 e. The fraction of sp³-hybridized carbons (Fsp3) is 0.350. The first kappa shape index (κ1) is 18.8. The first-order valence-electron chi connectivity index (χ1n) is 8.45. The first-order chi connectivity index (χ1) is 12.3. The van der Waals surface area contributed by atoms with Gasteiger partial charge in [0.15, 0.2) is 0 Å². The monoisotopic (exact) mass is 390 g/mol. The van der Waals surface area contributed by atoms with E-state index in [-0.39, 0.29) is 5.92 Å². The first-order valence-corrected chi connectivity index (χ1v) is 9.21. The summed E-state index contributed by atoms with van der Waals surface area (Å²) in [5.41, 5.74) is 6.35. The Morgan fingerprint density at radius 3 is 2.85 bits per heavy atom. The van der Waals surface area contributed by atoms with Gasteiger partial charge in [0, 0.05) is 17.6 Å². The van der Waals surface area contributed by atoms with Crippen LogP contribution in [0.3, 0.4) is 0 Å². The van der Waals surface area contributed by atoms with Crippen molar-refractivity contribution in [3.05, 3.63) is 57.3 Å². The number of aliphatic hydroxyl groups is 1. The molecule has 3 N–H and O–H groups in total. The largest absolute Gasteiger partial charge is 0.378 e. The maximum Gasteiger partial charge on any atom is 0.265 e. The maximum atomic E-state index is 11.8. The number of hydrogen-bond acceptors (Lipinski definition) is 2. The fourth-order valence-corrected chi connectivity index (χ4v) is 3.99. The third-order valence-corrected chi connectivity index (χ3v) is 5.47. The van der Waals surface area contributed by atoms with E-state index < -0.39 is 11.5 Å². The van der Waals surface area contributed by atoms with E-state index in [2.05, 4.69) is 11.8 Å². The number of carbonyl (C=O) groups excluding carboxylic acids is 1. The van der Waals surface area contributed by atoms with Crippen molar-refractivity contribution in [1.29, 1.82) is 0 Å². The minimum absolute atomic E-state index is 0.0244. The minimum atomic E-state index is -1.12. The van der Waals surface area contributed by atoms with Crippen molar-refractivity contribution in [2.45, 2.75) is 37.2 Å². The van der Waals surface area contributed by atoms with Crippen LogP contribution in [-0.2, 0) is 7.05 Å². The van der Waals surface area contributed by atoms with Crippen LogP contribution < -0.4 is 5.73 Å². The van der Waals surface area contributed by atoms with E-state index in [4.69, 9.17) is 28.9 Å². The predicted octanol–water partition coefficient (Wildman–Crippen LogP) is 3.87. The molecule has 26 heavy (non-hydrogen) atoms. The zero-order valence-corrected chi connectivity index (χ0v) is 15.9. The molecule has 6 heteroatoms. The number of nitrogens with zero attached hydrogens (tertiary/aromatic N) is 1. The van der Waals surface area contributed by atoms with Crippen LogP contribution in [-0.4, -0.2) is 21.2 Å². The zero-order chi connectivity index (χ0) is 18.9. The van der Waals surface area contributed by atoms with Crippen molar-refractivity contribution in [2.75, 3.05) is 0 Å². The average Bonchev–Trinajstić information content (AvgIpc) is 2.89. The van der Waals surface area contributed by atoms with Crippen molar-refractivity contribution >= 4 is 29.1 Å². The number of primary amides is 1. The van der Waals surface area contributed by atoms with Crippen LogP contribution in [0.15, 0.2) is 30.3 Å². The van der Waals surface area contributed by atoms with Gasteiger partial charge in [0.25, 0.3) is 5.91 Å². The molecule has 1 amide bonds. The molecular formula is C20H20Cl2N2O2. The Morgan fingerprint density at radius 1 is 1.38 bits per heavy atom. The summed E-state index contributed by atoms with van der Waals surface area (Å²) in [6, 6.07) is 8.99. The SMILES string of the molecule is Cn1c(Cl)cc([C@H]2CCC[C@@](O)(C#Cc3cccc(Cl)c3)C2)c1C(N)=O. The smallest absolute Gasteiger partial charge is 0.265 e. The standard InChI is InChI=1S/C20H20Cl2N2O2/c1-24-17(22)11-16(18(24)19(23)25)14-5-3-8-20(26,12-14)9-7-13-4-2-6-15(21)10-13/h2,4,6,10-11,14,26H,3,5,8,12H2,1H3,(H2,23,25)/t14-,20+/m0/s1. The van der Waals surface area contributed by atoms with Crippen molar-refractivity contribution in [1.82, 2.24) is 4.57 Å². The third-order valence-electron chi connectivity index (χ3n) is 4.87. The van der Waals surface area contributed by atoms with Crippen LogP contribution in [0.1, 0.15) is 53.2 Å². The Hall–Kier alpha value is -1.93. The summed E-state index contributed by atoms with van der Waals surface area (Å²) >= 11 is 12.2. The lowest BCUT2D eigenvalue weighted by atomic mass is 9.75. The molecule has 2 atom stereocenters. The molecule has 0 saturated heterocycles. The summed E-state index contributed by atoms with van der Waals surface area (Å²) in [6.07, 6.45) is 2.67. The van der Waals surface area contributed by atoms with Gasteiger partial charge in [-0.3, -0.25) is 4.79 Å². The van der Waals surface area contributed by atoms with Gasteiger partial charge in [-0.2, -0.15) is 0 Å². The Kier molecular flexibility index (Phi) is 5.34. The van der Waals surface area contributed by atoms with Gasteiger partial charge in [0.1, 0.15) is 16.4 Å². The summed E-state index contributed by atoms with van der Waals surface area (Å²) in [4.78, 5) is 11.8. The predicted molar refractivity (Wildman–Crippen MR) is 103 cm³/mol. The highest BCUT2D eigenvalue weighted by atomic mass is 35.5. The van der Waals surface area contributed by atoms with Gasteiger partial charge in [0.05, 0.1) is 0 Å². The summed E-state index contributed by atoms with van der Waals surface area (Å²) < 4.78 is 1.59. The maximum absolute atomic E-state index is 11.8. The molecule has 2 aromatic rings. The third kappa shape index (κ3) is 3.91. The molecule has 1 heterocycles. The number of aromatic nitrogens is 1. The molecule has 1 aromatic heterocycles. The molecule has 1 aliphatic rings. The lowest BCUT2D eigenvalue weighted by molar-refractivity contribution is 0.0517. The molecule has 0 spiro atoms. The van der Waals surface area contributed by atoms with E-state index in [1.165, 1.54) is 0 Å². The second kappa shape index (κ2) is 7.36. The second-order valence-corrected chi connectivity index (χ2v) is 7.60.